The smallest absolute Gasteiger partial charge is 0.105 e. The molecule has 0 amide bonds. The van der Waals surface area contributed by atoms with Crippen molar-refractivity contribution >= 4 is 0 Å². The molecule has 92 valence electrons. The SMILES string of the molecule is Cc1cc(C(C)NCc2cnn(C)c2)c(C)o1. The van der Waals surface area contributed by atoms with Gasteiger partial charge in [-0.3, -0.25) is 4.68 Å². The molecular formula is C13H19N3O. The lowest BCUT2D eigenvalue weighted by Gasteiger charge is -2.11. The summed E-state index contributed by atoms with van der Waals surface area (Å²) in [6.07, 6.45) is 3.90. The molecule has 0 bridgehead atoms. The van der Waals surface area contributed by atoms with E-state index in [-0.39, 0.29) is 6.04 Å². The Morgan fingerprint density at radius 1 is 1.47 bits per heavy atom. The van der Waals surface area contributed by atoms with Crippen molar-refractivity contribution in [2.75, 3.05) is 0 Å². The first-order valence-corrected chi connectivity index (χ1v) is 5.84. The number of rotatable bonds is 4. The van der Waals surface area contributed by atoms with E-state index in [4.69, 9.17) is 4.42 Å². The van der Waals surface area contributed by atoms with Gasteiger partial charge in [0, 0.05) is 37.0 Å². The highest BCUT2D eigenvalue weighted by atomic mass is 16.3. The highest BCUT2D eigenvalue weighted by Gasteiger charge is 2.12. The minimum Gasteiger partial charge on any atom is -0.466 e. The summed E-state index contributed by atoms with van der Waals surface area (Å²) < 4.78 is 7.35. The minimum absolute atomic E-state index is 0.285. The van der Waals surface area contributed by atoms with Gasteiger partial charge in [-0.15, -0.1) is 0 Å². The molecule has 1 atom stereocenters. The molecule has 0 aliphatic heterocycles. The van der Waals surface area contributed by atoms with Crippen LogP contribution < -0.4 is 5.32 Å². The highest BCUT2D eigenvalue weighted by Crippen LogP contribution is 2.21. The molecule has 2 aromatic heterocycles. The third kappa shape index (κ3) is 2.77. The normalized spacial score (nSPS) is 12.9. The van der Waals surface area contributed by atoms with Gasteiger partial charge in [0.05, 0.1) is 6.20 Å². The van der Waals surface area contributed by atoms with Crippen molar-refractivity contribution in [2.45, 2.75) is 33.4 Å². The Kier molecular flexibility index (Phi) is 3.33. The Morgan fingerprint density at radius 3 is 2.76 bits per heavy atom. The van der Waals surface area contributed by atoms with E-state index in [2.05, 4.69) is 23.4 Å². The maximum absolute atomic E-state index is 5.54. The Bertz CT molecular complexity index is 498. The predicted molar refractivity (Wildman–Crippen MR) is 66.6 cm³/mol. The molecule has 0 spiro atoms. The van der Waals surface area contributed by atoms with E-state index >= 15 is 0 Å². The Balaban J connectivity index is 1.97. The molecule has 0 fully saturated rings. The number of aryl methyl sites for hydroxylation is 3. The van der Waals surface area contributed by atoms with Crippen LogP contribution in [-0.2, 0) is 13.6 Å². The van der Waals surface area contributed by atoms with Crippen LogP contribution in [0.1, 0.15) is 35.6 Å². The second kappa shape index (κ2) is 4.75. The summed E-state index contributed by atoms with van der Waals surface area (Å²) in [5, 5.41) is 7.62. The zero-order valence-electron chi connectivity index (χ0n) is 10.8. The monoisotopic (exact) mass is 233 g/mol. The molecule has 2 aromatic rings. The quantitative estimate of drug-likeness (QED) is 0.882. The van der Waals surface area contributed by atoms with Gasteiger partial charge in [0.1, 0.15) is 11.5 Å². The summed E-state index contributed by atoms with van der Waals surface area (Å²) in [5.41, 5.74) is 2.42. The van der Waals surface area contributed by atoms with Gasteiger partial charge in [-0.25, -0.2) is 0 Å². The fraction of sp³-hybridized carbons (Fsp3) is 0.462. The molecule has 0 aromatic carbocycles. The molecule has 17 heavy (non-hydrogen) atoms. The maximum atomic E-state index is 5.54. The zero-order chi connectivity index (χ0) is 12.4. The fourth-order valence-corrected chi connectivity index (χ4v) is 2.02. The third-order valence-electron chi connectivity index (χ3n) is 2.92. The van der Waals surface area contributed by atoms with Crippen molar-refractivity contribution in [3.05, 3.63) is 41.1 Å². The average Bonchev–Trinajstić information content (AvgIpc) is 2.81. The van der Waals surface area contributed by atoms with Crippen LogP contribution >= 0.6 is 0 Å². The summed E-state index contributed by atoms with van der Waals surface area (Å²) in [4.78, 5) is 0. The van der Waals surface area contributed by atoms with E-state index in [0.29, 0.717) is 0 Å². The van der Waals surface area contributed by atoms with Crippen LogP contribution in [0.15, 0.2) is 22.9 Å². The molecule has 0 aliphatic carbocycles. The van der Waals surface area contributed by atoms with Crippen molar-refractivity contribution in [3.63, 3.8) is 0 Å². The Hall–Kier alpha value is -1.55. The summed E-state index contributed by atoms with van der Waals surface area (Å²) in [6.45, 7) is 6.95. The van der Waals surface area contributed by atoms with E-state index in [0.717, 1.165) is 18.1 Å². The molecule has 2 rings (SSSR count). The number of furan rings is 1. The highest BCUT2D eigenvalue weighted by molar-refractivity contribution is 5.23. The Morgan fingerprint density at radius 2 is 2.24 bits per heavy atom. The molecule has 4 heteroatoms. The van der Waals surface area contributed by atoms with Crippen molar-refractivity contribution in [2.24, 2.45) is 7.05 Å². The minimum atomic E-state index is 0.285. The molecule has 4 nitrogen and oxygen atoms in total. The first-order chi connectivity index (χ1) is 8.06. The maximum Gasteiger partial charge on any atom is 0.105 e. The molecule has 2 heterocycles. The summed E-state index contributed by atoms with van der Waals surface area (Å²) in [7, 11) is 1.93. The number of nitrogens with one attached hydrogen (secondary N) is 1. The van der Waals surface area contributed by atoms with Crippen LogP contribution in [0.3, 0.4) is 0 Å². The van der Waals surface area contributed by atoms with Crippen LogP contribution in [0.5, 0.6) is 0 Å². The largest absolute Gasteiger partial charge is 0.466 e. The van der Waals surface area contributed by atoms with E-state index in [1.807, 2.05) is 38.0 Å². The zero-order valence-corrected chi connectivity index (χ0v) is 10.8. The van der Waals surface area contributed by atoms with Crippen molar-refractivity contribution < 1.29 is 4.42 Å². The van der Waals surface area contributed by atoms with Gasteiger partial charge < -0.3 is 9.73 Å². The number of aromatic nitrogens is 2. The van der Waals surface area contributed by atoms with E-state index < -0.39 is 0 Å². The molecular weight excluding hydrogens is 214 g/mol. The lowest BCUT2D eigenvalue weighted by Crippen LogP contribution is -2.17. The van der Waals surface area contributed by atoms with Crippen LogP contribution in [0.25, 0.3) is 0 Å². The first kappa shape index (κ1) is 11.9. The van der Waals surface area contributed by atoms with E-state index in [1.165, 1.54) is 11.1 Å². The molecule has 0 saturated heterocycles. The molecule has 1 unspecified atom stereocenters. The lowest BCUT2D eigenvalue weighted by atomic mass is 10.1. The van der Waals surface area contributed by atoms with Gasteiger partial charge in [-0.1, -0.05) is 0 Å². The van der Waals surface area contributed by atoms with Crippen LogP contribution in [0, 0.1) is 13.8 Å². The van der Waals surface area contributed by atoms with Gasteiger partial charge in [-0.05, 0) is 26.8 Å². The Labute approximate surface area is 102 Å². The van der Waals surface area contributed by atoms with Gasteiger partial charge in [-0.2, -0.15) is 5.10 Å². The van der Waals surface area contributed by atoms with Crippen LogP contribution in [0.4, 0.5) is 0 Å². The molecule has 0 aliphatic rings. The predicted octanol–water partition coefficient (Wildman–Crippen LogP) is 2.48. The fourth-order valence-electron chi connectivity index (χ4n) is 2.02. The molecule has 1 N–H and O–H groups in total. The van der Waals surface area contributed by atoms with Gasteiger partial charge in [0.15, 0.2) is 0 Å². The van der Waals surface area contributed by atoms with Gasteiger partial charge >= 0.3 is 0 Å². The third-order valence-corrected chi connectivity index (χ3v) is 2.92. The van der Waals surface area contributed by atoms with E-state index in [9.17, 15) is 0 Å². The van der Waals surface area contributed by atoms with E-state index in [1.54, 1.807) is 0 Å². The number of hydrogen-bond donors (Lipinski definition) is 1. The first-order valence-electron chi connectivity index (χ1n) is 5.84. The molecule has 0 radical (unpaired) electrons. The molecule has 0 saturated carbocycles. The second-order valence-electron chi connectivity index (χ2n) is 4.49. The number of hydrogen-bond acceptors (Lipinski definition) is 3. The topological polar surface area (TPSA) is 43.0 Å². The van der Waals surface area contributed by atoms with Crippen molar-refractivity contribution in [1.29, 1.82) is 0 Å². The summed E-state index contributed by atoms with van der Waals surface area (Å²) in [5.74, 6) is 1.96. The summed E-state index contributed by atoms with van der Waals surface area (Å²) in [6, 6.07) is 2.38. The average molecular weight is 233 g/mol. The van der Waals surface area contributed by atoms with Crippen molar-refractivity contribution in [3.8, 4) is 0 Å². The standard InChI is InChI=1S/C13H19N3O/c1-9-5-13(11(3)17-9)10(2)14-6-12-7-15-16(4)8-12/h5,7-8,10,14H,6H2,1-4H3. The van der Waals surface area contributed by atoms with Crippen LogP contribution in [-0.4, -0.2) is 9.78 Å². The summed E-state index contributed by atoms with van der Waals surface area (Å²) >= 11 is 0. The van der Waals surface area contributed by atoms with Crippen LogP contribution in [0.2, 0.25) is 0 Å². The second-order valence-corrected chi connectivity index (χ2v) is 4.49. The van der Waals surface area contributed by atoms with Crippen molar-refractivity contribution in [1.82, 2.24) is 15.1 Å². The van der Waals surface area contributed by atoms with Gasteiger partial charge in [0.25, 0.3) is 0 Å². The lowest BCUT2D eigenvalue weighted by molar-refractivity contribution is 0.489. The number of nitrogens with zero attached hydrogens (tertiary/aromatic N) is 2. The van der Waals surface area contributed by atoms with Gasteiger partial charge in [0.2, 0.25) is 0 Å².